The van der Waals surface area contributed by atoms with Crippen LogP contribution in [0.3, 0.4) is 0 Å². The molecule has 1 N–H and O–H groups in total. The summed E-state index contributed by atoms with van der Waals surface area (Å²) in [6, 6.07) is 10.5. The second-order valence-corrected chi connectivity index (χ2v) is 5.64. The van der Waals surface area contributed by atoms with Gasteiger partial charge in [0, 0.05) is 12.0 Å². The highest BCUT2D eigenvalue weighted by atomic mass is 16.5. The van der Waals surface area contributed by atoms with Crippen LogP contribution in [-0.4, -0.2) is 19.3 Å². The Balaban J connectivity index is 1.52. The molecule has 0 saturated carbocycles. The lowest BCUT2D eigenvalue weighted by molar-refractivity contribution is 0.0112. The van der Waals surface area contributed by atoms with Crippen LogP contribution in [0.15, 0.2) is 34.7 Å². The van der Waals surface area contributed by atoms with Gasteiger partial charge in [0.1, 0.15) is 11.3 Å². The normalized spacial score (nSPS) is 21.1. The van der Waals surface area contributed by atoms with Crippen LogP contribution in [0, 0.1) is 0 Å². The summed E-state index contributed by atoms with van der Waals surface area (Å²) in [5, 5.41) is 4.71. The van der Waals surface area contributed by atoms with Crippen molar-refractivity contribution in [1.82, 2.24) is 5.32 Å². The Kier molecular flexibility index (Phi) is 4.38. The lowest BCUT2D eigenvalue weighted by Crippen LogP contribution is -2.26. The molecule has 2 unspecified atom stereocenters. The Labute approximate surface area is 120 Å². The van der Waals surface area contributed by atoms with Crippen molar-refractivity contribution in [2.24, 2.45) is 0 Å². The number of para-hydroxylation sites is 1. The molecule has 0 amide bonds. The molecule has 1 aromatic carbocycles. The molecule has 0 aliphatic carbocycles. The molecule has 0 bridgehead atoms. The molecule has 2 atom stereocenters. The van der Waals surface area contributed by atoms with E-state index in [0.29, 0.717) is 6.10 Å². The van der Waals surface area contributed by atoms with Gasteiger partial charge in [0.15, 0.2) is 0 Å². The van der Waals surface area contributed by atoms with E-state index in [2.05, 4.69) is 24.4 Å². The van der Waals surface area contributed by atoms with Crippen LogP contribution in [0.5, 0.6) is 0 Å². The zero-order chi connectivity index (χ0) is 13.8. The highest BCUT2D eigenvalue weighted by molar-refractivity contribution is 5.77. The minimum absolute atomic E-state index is 0.242. The van der Waals surface area contributed by atoms with E-state index in [4.69, 9.17) is 9.15 Å². The van der Waals surface area contributed by atoms with Crippen LogP contribution >= 0.6 is 0 Å². The first kappa shape index (κ1) is 13.7. The van der Waals surface area contributed by atoms with Gasteiger partial charge in [-0.2, -0.15) is 0 Å². The van der Waals surface area contributed by atoms with Crippen LogP contribution in [0.25, 0.3) is 11.0 Å². The first-order valence-electron chi connectivity index (χ1n) is 7.66. The number of hydrogen-bond donors (Lipinski definition) is 1. The number of rotatable bonds is 5. The molecule has 1 aliphatic rings. The average molecular weight is 273 g/mol. The maximum Gasteiger partial charge on any atom is 0.134 e. The quantitative estimate of drug-likeness (QED) is 0.892. The largest absolute Gasteiger partial charge is 0.459 e. The van der Waals surface area contributed by atoms with E-state index in [-0.39, 0.29) is 6.04 Å². The first-order chi connectivity index (χ1) is 9.83. The zero-order valence-corrected chi connectivity index (χ0v) is 12.1. The summed E-state index contributed by atoms with van der Waals surface area (Å²) >= 11 is 0. The Morgan fingerprint density at radius 1 is 1.30 bits per heavy atom. The molecule has 3 nitrogen and oxygen atoms in total. The van der Waals surface area contributed by atoms with Crippen LogP contribution in [-0.2, 0) is 4.74 Å². The van der Waals surface area contributed by atoms with Crippen LogP contribution in [0.4, 0.5) is 0 Å². The Morgan fingerprint density at radius 3 is 3.00 bits per heavy atom. The fourth-order valence-corrected chi connectivity index (χ4v) is 2.81. The van der Waals surface area contributed by atoms with Crippen molar-refractivity contribution < 1.29 is 9.15 Å². The molecular weight excluding hydrogens is 250 g/mol. The number of nitrogens with one attached hydrogen (secondary N) is 1. The molecule has 3 rings (SSSR count). The monoisotopic (exact) mass is 273 g/mol. The van der Waals surface area contributed by atoms with E-state index in [1.165, 1.54) is 24.6 Å². The van der Waals surface area contributed by atoms with E-state index >= 15 is 0 Å². The van der Waals surface area contributed by atoms with Gasteiger partial charge >= 0.3 is 0 Å². The third-order valence-electron chi connectivity index (χ3n) is 4.06. The Hall–Kier alpha value is -1.32. The number of ether oxygens (including phenoxy) is 1. The average Bonchev–Trinajstić information content (AvgIpc) is 2.92. The molecule has 1 fully saturated rings. The van der Waals surface area contributed by atoms with Crippen LogP contribution < -0.4 is 5.32 Å². The van der Waals surface area contributed by atoms with Gasteiger partial charge in [-0.3, -0.25) is 0 Å². The summed E-state index contributed by atoms with van der Waals surface area (Å²) in [7, 11) is 0. The fourth-order valence-electron chi connectivity index (χ4n) is 2.81. The summed E-state index contributed by atoms with van der Waals surface area (Å²) in [6.07, 6.45) is 5.27. The minimum atomic E-state index is 0.242. The van der Waals surface area contributed by atoms with Crippen LogP contribution in [0.1, 0.15) is 44.4 Å². The minimum Gasteiger partial charge on any atom is -0.459 e. The van der Waals surface area contributed by atoms with E-state index < -0.39 is 0 Å². The summed E-state index contributed by atoms with van der Waals surface area (Å²) in [6.45, 7) is 4.06. The second-order valence-electron chi connectivity index (χ2n) is 5.64. The van der Waals surface area contributed by atoms with E-state index in [0.717, 1.165) is 30.9 Å². The Bertz CT molecular complexity index is 510. The molecule has 1 aliphatic heterocycles. The highest BCUT2D eigenvalue weighted by Crippen LogP contribution is 2.23. The SMILES string of the molecule is CC(NCCC1CCCCO1)c1cc2ccccc2o1. The van der Waals surface area contributed by atoms with Crippen molar-refractivity contribution in [3.05, 3.63) is 36.1 Å². The van der Waals surface area contributed by atoms with Gasteiger partial charge in [-0.1, -0.05) is 18.2 Å². The van der Waals surface area contributed by atoms with Crippen molar-refractivity contribution in [3.8, 4) is 0 Å². The molecule has 2 aromatic rings. The standard InChI is InChI=1S/C17H23NO2/c1-13(18-10-9-15-7-4-5-11-19-15)17-12-14-6-2-3-8-16(14)20-17/h2-3,6,8,12-13,15,18H,4-5,7,9-11H2,1H3. The van der Waals surface area contributed by atoms with Gasteiger partial charge in [-0.05, 0) is 51.3 Å². The molecule has 1 saturated heterocycles. The fraction of sp³-hybridized carbons (Fsp3) is 0.529. The van der Waals surface area contributed by atoms with Crippen molar-refractivity contribution in [1.29, 1.82) is 0 Å². The Morgan fingerprint density at radius 2 is 2.20 bits per heavy atom. The number of benzene rings is 1. The maximum absolute atomic E-state index is 5.88. The van der Waals surface area contributed by atoms with E-state index in [1.54, 1.807) is 0 Å². The molecule has 20 heavy (non-hydrogen) atoms. The third-order valence-corrected chi connectivity index (χ3v) is 4.06. The summed E-state index contributed by atoms with van der Waals surface area (Å²) in [5.41, 5.74) is 0.965. The molecule has 3 heteroatoms. The lowest BCUT2D eigenvalue weighted by atomic mass is 10.1. The number of fused-ring (bicyclic) bond motifs is 1. The van der Waals surface area contributed by atoms with Gasteiger partial charge in [0.25, 0.3) is 0 Å². The maximum atomic E-state index is 5.88. The first-order valence-corrected chi connectivity index (χ1v) is 7.66. The summed E-state index contributed by atoms with van der Waals surface area (Å²) in [5.74, 6) is 1.01. The van der Waals surface area contributed by atoms with Crippen molar-refractivity contribution in [2.75, 3.05) is 13.2 Å². The molecule has 2 heterocycles. The van der Waals surface area contributed by atoms with Gasteiger partial charge in [0.2, 0.25) is 0 Å². The molecular formula is C17H23NO2. The summed E-state index contributed by atoms with van der Waals surface area (Å²) in [4.78, 5) is 0. The molecule has 0 radical (unpaired) electrons. The summed E-state index contributed by atoms with van der Waals surface area (Å²) < 4.78 is 11.6. The molecule has 108 valence electrons. The lowest BCUT2D eigenvalue weighted by Gasteiger charge is -2.23. The second kappa shape index (κ2) is 6.42. The molecule has 0 spiro atoms. The van der Waals surface area contributed by atoms with Crippen molar-refractivity contribution in [3.63, 3.8) is 0 Å². The van der Waals surface area contributed by atoms with Crippen molar-refractivity contribution in [2.45, 2.75) is 44.8 Å². The van der Waals surface area contributed by atoms with Crippen LogP contribution in [0.2, 0.25) is 0 Å². The van der Waals surface area contributed by atoms with Gasteiger partial charge < -0.3 is 14.5 Å². The van der Waals surface area contributed by atoms with Gasteiger partial charge in [-0.15, -0.1) is 0 Å². The van der Waals surface area contributed by atoms with Gasteiger partial charge in [-0.25, -0.2) is 0 Å². The van der Waals surface area contributed by atoms with E-state index in [1.807, 2.05) is 18.2 Å². The third kappa shape index (κ3) is 3.22. The smallest absolute Gasteiger partial charge is 0.134 e. The zero-order valence-electron chi connectivity index (χ0n) is 12.1. The van der Waals surface area contributed by atoms with Crippen molar-refractivity contribution >= 4 is 11.0 Å². The van der Waals surface area contributed by atoms with Gasteiger partial charge in [0.05, 0.1) is 12.1 Å². The topological polar surface area (TPSA) is 34.4 Å². The predicted octanol–water partition coefficient (Wildman–Crippen LogP) is 4.04. The highest BCUT2D eigenvalue weighted by Gasteiger charge is 2.15. The molecule has 1 aromatic heterocycles. The number of hydrogen-bond acceptors (Lipinski definition) is 3. The number of furan rings is 1. The predicted molar refractivity (Wildman–Crippen MR) is 80.8 cm³/mol. The van der Waals surface area contributed by atoms with E-state index in [9.17, 15) is 0 Å².